The van der Waals surface area contributed by atoms with E-state index in [1.807, 2.05) is 19.1 Å². The molecule has 136 valence electrons. The molecule has 2 aromatic carbocycles. The molecule has 26 heavy (non-hydrogen) atoms. The number of nitrogens with one attached hydrogen (secondary N) is 2. The molecule has 0 spiro atoms. The summed E-state index contributed by atoms with van der Waals surface area (Å²) in [6.07, 6.45) is 0. The fraction of sp³-hybridized carbons (Fsp3) is 0.167. The summed E-state index contributed by atoms with van der Waals surface area (Å²) < 4.78 is 7.24. The zero-order valence-electron chi connectivity index (χ0n) is 14.1. The van der Waals surface area contributed by atoms with Gasteiger partial charge in [0.1, 0.15) is 5.75 Å². The summed E-state index contributed by atoms with van der Waals surface area (Å²) in [5, 5.41) is 5.55. The van der Waals surface area contributed by atoms with Gasteiger partial charge in [-0.05, 0) is 71.8 Å². The highest BCUT2D eigenvalue weighted by Gasteiger charge is 2.11. The Morgan fingerprint density at radius 2 is 1.92 bits per heavy atom. The third-order valence-corrected chi connectivity index (χ3v) is 4.57. The Balaban J connectivity index is 1.91. The van der Waals surface area contributed by atoms with E-state index in [0.717, 1.165) is 14.5 Å². The monoisotopic (exact) mass is 498 g/mol. The third-order valence-electron chi connectivity index (χ3n) is 3.32. The van der Waals surface area contributed by atoms with Gasteiger partial charge in [-0.1, -0.05) is 28.1 Å². The van der Waals surface area contributed by atoms with Gasteiger partial charge in [0, 0.05) is 15.7 Å². The molecule has 5 nitrogen and oxygen atoms in total. The average Bonchev–Trinajstić information content (AvgIpc) is 2.53. The van der Waals surface area contributed by atoms with Crippen molar-refractivity contribution in [1.82, 2.24) is 5.32 Å². The number of amides is 1. The van der Waals surface area contributed by atoms with E-state index in [1.165, 1.54) is 6.92 Å². The molecule has 0 radical (unpaired) electrons. The molecule has 2 rings (SSSR count). The smallest absolute Gasteiger partial charge is 0.264 e. The van der Waals surface area contributed by atoms with Crippen LogP contribution in [0.15, 0.2) is 45.3 Å². The van der Waals surface area contributed by atoms with Crippen molar-refractivity contribution in [3.8, 4) is 5.75 Å². The molecular weight excluding hydrogens is 484 g/mol. The van der Waals surface area contributed by atoms with Crippen molar-refractivity contribution in [3.05, 3.63) is 56.5 Å². The van der Waals surface area contributed by atoms with E-state index in [-0.39, 0.29) is 23.4 Å². The molecule has 0 unspecified atom stereocenters. The number of aryl methyl sites for hydroxylation is 1. The summed E-state index contributed by atoms with van der Waals surface area (Å²) in [5.41, 5.74) is 2.07. The summed E-state index contributed by atoms with van der Waals surface area (Å²) in [6, 6.07) is 10.6. The van der Waals surface area contributed by atoms with Gasteiger partial charge in [0.15, 0.2) is 17.5 Å². The lowest BCUT2D eigenvalue weighted by atomic mass is 10.1. The second kappa shape index (κ2) is 9.25. The van der Waals surface area contributed by atoms with E-state index in [9.17, 15) is 9.59 Å². The van der Waals surface area contributed by atoms with Crippen molar-refractivity contribution in [2.24, 2.45) is 0 Å². The van der Waals surface area contributed by atoms with Gasteiger partial charge in [-0.3, -0.25) is 14.9 Å². The SMILES string of the molecule is CC(=O)c1cccc(NC(=S)NC(=O)COc2c(C)cc(Br)cc2Br)c1. The lowest BCUT2D eigenvalue weighted by molar-refractivity contribution is -0.121. The highest BCUT2D eigenvalue weighted by molar-refractivity contribution is 9.11. The molecule has 0 aromatic heterocycles. The number of ketones is 1. The van der Waals surface area contributed by atoms with E-state index >= 15 is 0 Å². The Morgan fingerprint density at radius 3 is 2.58 bits per heavy atom. The number of Topliss-reactive ketones (excluding diaryl/α,β-unsaturated/α-hetero) is 1. The van der Waals surface area contributed by atoms with Gasteiger partial charge in [-0.15, -0.1) is 0 Å². The first-order valence-corrected chi connectivity index (χ1v) is 9.56. The third kappa shape index (κ3) is 5.89. The van der Waals surface area contributed by atoms with Crippen LogP contribution in [0.4, 0.5) is 5.69 Å². The molecule has 8 heteroatoms. The molecule has 0 aliphatic heterocycles. The van der Waals surface area contributed by atoms with Gasteiger partial charge in [0.2, 0.25) is 0 Å². The number of rotatable bonds is 5. The Bertz CT molecular complexity index is 848. The number of benzene rings is 2. The van der Waals surface area contributed by atoms with Crippen LogP contribution in [-0.4, -0.2) is 23.4 Å². The molecular formula is C18H16Br2N2O3S. The first-order valence-electron chi connectivity index (χ1n) is 7.56. The van der Waals surface area contributed by atoms with E-state index in [1.54, 1.807) is 24.3 Å². The number of hydrogen-bond donors (Lipinski definition) is 2. The minimum Gasteiger partial charge on any atom is -0.482 e. The van der Waals surface area contributed by atoms with Gasteiger partial charge in [-0.2, -0.15) is 0 Å². The van der Waals surface area contributed by atoms with Crippen LogP contribution in [0, 0.1) is 6.92 Å². The van der Waals surface area contributed by atoms with Crippen LogP contribution in [-0.2, 0) is 4.79 Å². The molecule has 2 aromatic rings. The number of hydrogen-bond acceptors (Lipinski definition) is 4. The fourth-order valence-corrected chi connectivity index (χ4v) is 3.94. The number of ether oxygens (including phenoxy) is 1. The Kier molecular flexibility index (Phi) is 7.31. The van der Waals surface area contributed by atoms with Crippen molar-refractivity contribution >= 4 is 66.6 Å². The number of carbonyl (C=O) groups is 2. The maximum Gasteiger partial charge on any atom is 0.264 e. The Hall–Kier alpha value is -1.77. The first-order chi connectivity index (χ1) is 12.3. The van der Waals surface area contributed by atoms with Crippen molar-refractivity contribution in [1.29, 1.82) is 0 Å². The topological polar surface area (TPSA) is 67.4 Å². The van der Waals surface area contributed by atoms with Gasteiger partial charge >= 0.3 is 0 Å². The average molecular weight is 500 g/mol. The van der Waals surface area contributed by atoms with Gasteiger partial charge in [-0.25, -0.2) is 0 Å². The maximum atomic E-state index is 12.0. The quantitative estimate of drug-likeness (QED) is 0.464. The largest absolute Gasteiger partial charge is 0.482 e. The lowest BCUT2D eigenvalue weighted by Crippen LogP contribution is -2.37. The van der Waals surface area contributed by atoms with Crippen LogP contribution in [0.3, 0.4) is 0 Å². The minimum atomic E-state index is -0.389. The number of carbonyl (C=O) groups excluding carboxylic acids is 2. The van der Waals surface area contributed by atoms with Crippen LogP contribution in [0.25, 0.3) is 0 Å². The molecule has 0 saturated heterocycles. The van der Waals surface area contributed by atoms with Crippen molar-refractivity contribution in [3.63, 3.8) is 0 Å². The van der Waals surface area contributed by atoms with Crippen LogP contribution < -0.4 is 15.4 Å². The highest BCUT2D eigenvalue weighted by atomic mass is 79.9. The number of anilines is 1. The lowest BCUT2D eigenvalue weighted by Gasteiger charge is -2.13. The van der Waals surface area contributed by atoms with E-state index in [4.69, 9.17) is 17.0 Å². The normalized spacial score (nSPS) is 10.2. The van der Waals surface area contributed by atoms with Crippen LogP contribution in [0.5, 0.6) is 5.75 Å². The molecule has 0 heterocycles. The summed E-state index contributed by atoms with van der Waals surface area (Å²) in [7, 11) is 0. The summed E-state index contributed by atoms with van der Waals surface area (Å²) in [4.78, 5) is 23.4. The first kappa shape index (κ1) is 20.5. The van der Waals surface area contributed by atoms with Crippen LogP contribution >= 0.6 is 44.1 Å². The van der Waals surface area contributed by atoms with Gasteiger partial charge in [0.25, 0.3) is 5.91 Å². The molecule has 0 bridgehead atoms. The molecule has 1 amide bonds. The zero-order chi connectivity index (χ0) is 19.3. The van der Waals surface area contributed by atoms with Gasteiger partial charge in [0.05, 0.1) is 4.47 Å². The van der Waals surface area contributed by atoms with E-state index in [0.29, 0.717) is 17.0 Å². The maximum absolute atomic E-state index is 12.0. The second-order valence-corrected chi connectivity index (χ2v) is 7.64. The van der Waals surface area contributed by atoms with E-state index in [2.05, 4.69) is 42.5 Å². The van der Waals surface area contributed by atoms with Crippen molar-refractivity contribution in [2.75, 3.05) is 11.9 Å². The Labute approximate surface area is 173 Å². The number of thiocarbonyl (C=S) groups is 1. The molecule has 2 N–H and O–H groups in total. The second-order valence-electron chi connectivity index (χ2n) is 5.46. The summed E-state index contributed by atoms with van der Waals surface area (Å²) in [5.74, 6) is 0.156. The van der Waals surface area contributed by atoms with Crippen LogP contribution in [0.1, 0.15) is 22.8 Å². The summed E-state index contributed by atoms with van der Waals surface area (Å²) in [6.45, 7) is 3.19. The Morgan fingerprint density at radius 1 is 1.19 bits per heavy atom. The minimum absolute atomic E-state index is 0.0487. The molecule has 0 saturated carbocycles. The standard InChI is InChI=1S/C18H16Br2N2O3S/c1-10-6-13(19)8-15(20)17(10)25-9-16(24)22-18(26)21-14-5-3-4-12(7-14)11(2)23/h3-8H,9H2,1-2H3,(H2,21,22,24,26). The highest BCUT2D eigenvalue weighted by Crippen LogP contribution is 2.32. The van der Waals surface area contributed by atoms with Gasteiger partial charge < -0.3 is 10.1 Å². The zero-order valence-corrected chi connectivity index (χ0v) is 18.0. The predicted molar refractivity (Wildman–Crippen MR) is 113 cm³/mol. The van der Waals surface area contributed by atoms with Crippen molar-refractivity contribution < 1.29 is 14.3 Å². The predicted octanol–water partition coefficient (Wildman–Crippen LogP) is 4.61. The molecule has 0 fully saturated rings. The van der Waals surface area contributed by atoms with E-state index < -0.39 is 0 Å². The summed E-state index contributed by atoms with van der Waals surface area (Å²) >= 11 is 11.9. The number of halogens is 2. The van der Waals surface area contributed by atoms with Crippen molar-refractivity contribution in [2.45, 2.75) is 13.8 Å². The molecule has 0 aliphatic rings. The molecule has 0 atom stereocenters. The van der Waals surface area contributed by atoms with Crippen LogP contribution in [0.2, 0.25) is 0 Å². The molecule has 0 aliphatic carbocycles. The fourth-order valence-electron chi connectivity index (χ4n) is 2.15.